The molecule has 1 amide bonds. The van der Waals surface area contributed by atoms with Crippen molar-refractivity contribution in [3.8, 4) is 0 Å². The van der Waals surface area contributed by atoms with Crippen molar-refractivity contribution in [1.29, 1.82) is 0 Å². The first kappa shape index (κ1) is 23.7. The largest absolute Gasteiger partial charge is 0.379 e. The van der Waals surface area contributed by atoms with E-state index in [1.165, 1.54) is 18.4 Å². The zero-order valence-corrected chi connectivity index (χ0v) is 19.9. The number of hydrogen-bond donors (Lipinski definition) is 1. The SMILES string of the molecule is O=C(CCNS(=O)(=O)c1ccc2c(c1)CCCC2)N1CCC(CCN2CCOCC2)CC1. The molecule has 0 unspecified atom stereocenters. The molecular weight excluding hydrogens is 426 g/mol. The van der Waals surface area contributed by atoms with Gasteiger partial charge in [-0.05, 0) is 80.7 Å². The van der Waals surface area contributed by atoms with Crippen LogP contribution in [-0.4, -0.2) is 76.6 Å². The van der Waals surface area contributed by atoms with Gasteiger partial charge < -0.3 is 9.64 Å². The van der Waals surface area contributed by atoms with Crippen LogP contribution in [0.5, 0.6) is 0 Å². The molecule has 0 atom stereocenters. The number of amides is 1. The number of sulfonamides is 1. The average Bonchev–Trinajstić information content (AvgIpc) is 2.83. The smallest absolute Gasteiger partial charge is 0.240 e. The fourth-order valence-corrected chi connectivity index (χ4v) is 6.15. The second kappa shape index (κ2) is 11.1. The van der Waals surface area contributed by atoms with Gasteiger partial charge in [0.25, 0.3) is 0 Å². The van der Waals surface area contributed by atoms with Gasteiger partial charge in [0.05, 0.1) is 18.1 Å². The number of hydrogen-bond acceptors (Lipinski definition) is 5. The van der Waals surface area contributed by atoms with Gasteiger partial charge in [-0.2, -0.15) is 0 Å². The van der Waals surface area contributed by atoms with Crippen LogP contribution in [0.25, 0.3) is 0 Å². The summed E-state index contributed by atoms with van der Waals surface area (Å²) in [5.41, 5.74) is 2.41. The molecule has 2 saturated heterocycles. The summed E-state index contributed by atoms with van der Waals surface area (Å²) in [6, 6.07) is 5.44. The Hall–Kier alpha value is -1.48. The molecular formula is C24H37N3O4S. The van der Waals surface area contributed by atoms with Crippen LogP contribution < -0.4 is 4.72 Å². The van der Waals surface area contributed by atoms with Gasteiger partial charge in [0.2, 0.25) is 15.9 Å². The fraction of sp³-hybridized carbons (Fsp3) is 0.708. The molecule has 1 aromatic rings. The molecule has 0 spiro atoms. The minimum absolute atomic E-state index is 0.0461. The van der Waals surface area contributed by atoms with Crippen molar-refractivity contribution in [2.45, 2.75) is 56.3 Å². The number of likely N-dealkylation sites (tertiary alicyclic amines) is 1. The third-order valence-corrected chi connectivity index (χ3v) is 8.64. The lowest BCUT2D eigenvalue weighted by molar-refractivity contribution is -0.132. The minimum atomic E-state index is -3.58. The predicted octanol–water partition coefficient (Wildman–Crippen LogP) is 2.19. The maximum Gasteiger partial charge on any atom is 0.240 e. The number of aryl methyl sites for hydroxylation is 2. The summed E-state index contributed by atoms with van der Waals surface area (Å²) in [6.07, 6.45) is 7.73. The molecule has 0 radical (unpaired) electrons. The van der Waals surface area contributed by atoms with Crippen LogP contribution in [-0.2, 0) is 32.4 Å². The molecule has 4 rings (SSSR count). The normalized spacial score (nSPS) is 20.8. The Bertz CT molecular complexity index is 875. The number of rotatable bonds is 8. The van der Waals surface area contributed by atoms with E-state index in [1.807, 2.05) is 11.0 Å². The molecule has 178 valence electrons. The summed E-state index contributed by atoms with van der Waals surface area (Å²) in [4.78, 5) is 17.3. The Labute approximate surface area is 192 Å². The summed E-state index contributed by atoms with van der Waals surface area (Å²) in [6.45, 7) is 6.56. The number of carbonyl (C=O) groups is 1. The minimum Gasteiger partial charge on any atom is -0.379 e. The predicted molar refractivity (Wildman–Crippen MR) is 124 cm³/mol. The second-order valence-electron chi connectivity index (χ2n) is 9.35. The standard InChI is InChI=1S/C24H37N3O4S/c28-24(27-13-9-20(10-14-27)8-12-26-15-17-31-18-16-26)7-11-25-32(29,30)23-6-5-21-3-1-2-4-22(21)19-23/h5-6,19-20,25H,1-4,7-18H2. The number of nitrogens with one attached hydrogen (secondary N) is 1. The molecule has 1 N–H and O–H groups in total. The Morgan fingerprint density at radius 3 is 2.50 bits per heavy atom. The zero-order chi connectivity index (χ0) is 22.4. The number of fused-ring (bicyclic) bond motifs is 1. The third-order valence-electron chi connectivity index (χ3n) is 7.19. The van der Waals surface area contributed by atoms with Crippen molar-refractivity contribution < 1.29 is 17.9 Å². The first-order chi connectivity index (χ1) is 15.5. The van der Waals surface area contributed by atoms with Gasteiger partial charge in [0.1, 0.15) is 0 Å². The lowest BCUT2D eigenvalue weighted by Crippen LogP contribution is -2.41. The summed E-state index contributed by atoms with van der Waals surface area (Å²) >= 11 is 0. The van der Waals surface area contributed by atoms with E-state index in [1.54, 1.807) is 12.1 Å². The van der Waals surface area contributed by atoms with Crippen molar-refractivity contribution in [1.82, 2.24) is 14.5 Å². The van der Waals surface area contributed by atoms with Crippen molar-refractivity contribution >= 4 is 15.9 Å². The molecule has 2 fully saturated rings. The fourth-order valence-electron chi connectivity index (χ4n) is 5.07. The van der Waals surface area contributed by atoms with Crippen LogP contribution in [0.1, 0.15) is 49.7 Å². The topological polar surface area (TPSA) is 79.0 Å². The summed E-state index contributed by atoms with van der Waals surface area (Å²) < 4.78 is 33.4. The third kappa shape index (κ3) is 6.31. The van der Waals surface area contributed by atoms with Gasteiger partial charge in [-0.1, -0.05) is 6.07 Å². The Morgan fingerprint density at radius 2 is 1.75 bits per heavy atom. The number of ether oxygens (including phenoxy) is 1. The number of benzene rings is 1. The highest BCUT2D eigenvalue weighted by Gasteiger charge is 2.24. The Balaban J connectivity index is 1.17. The van der Waals surface area contributed by atoms with Crippen LogP contribution in [0.15, 0.2) is 23.1 Å². The van der Waals surface area contributed by atoms with Crippen LogP contribution >= 0.6 is 0 Å². The van der Waals surface area contributed by atoms with Gasteiger partial charge >= 0.3 is 0 Å². The summed E-state index contributed by atoms with van der Waals surface area (Å²) in [5.74, 6) is 0.717. The summed E-state index contributed by atoms with van der Waals surface area (Å²) in [7, 11) is -3.58. The number of piperidine rings is 1. The maximum atomic E-state index is 12.7. The molecule has 3 aliphatic rings. The first-order valence-corrected chi connectivity index (χ1v) is 13.7. The van der Waals surface area contributed by atoms with Crippen LogP contribution in [0.2, 0.25) is 0 Å². The summed E-state index contributed by atoms with van der Waals surface area (Å²) in [5, 5.41) is 0. The van der Waals surface area contributed by atoms with Gasteiger partial charge in [-0.15, -0.1) is 0 Å². The molecule has 7 nitrogen and oxygen atoms in total. The van der Waals surface area contributed by atoms with E-state index in [2.05, 4.69) is 9.62 Å². The molecule has 1 aromatic carbocycles. The van der Waals surface area contributed by atoms with Crippen LogP contribution in [0, 0.1) is 5.92 Å². The van der Waals surface area contributed by atoms with Gasteiger partial charge in [-0.25, -0.2) is 13.1 Å². The quantitative estimate of drug-likeness (QED) is 0.639. The van der Waals surface area contributed by atoms with Crippen LogP contribution in [0.4, 0.5) is 0 Å². The maximum absolute atomic E-state index is 12.7. The lowest BCUT2D eigenvalue weighted by atomic mass is 9.92. The van der Waals surface area contributed by atoms with E-state index in [-0.39, 0.29) is 18.9 Å². The Kier molecular flexibility index (Phi) is 8.21. The monoisotopic (exact) mass is 463 g/mol. The van der Waals surface area contributed by atoms with Crippen LogP contribution in [0.3, 0.4) is 0 Å². The number of morpholine rings is 1. The molecule has 8 heteroatoms. The lowest BCUT2D eigenvalue weighted by Gasteiger charge is -2.34. The van der Waals surface area contributed by atoms with E-state index in [0.717, 1.165) is 83.6 Å². The average molecular weight is 464 g/mol. The van der Waals surface area contributed by atoms with Gasteiger partial charge in [-0.3, -0.25) is 9.69 Å². The van der Waals surface area contributed by atoms with E-state index in [9.17, 15) is 13.2 Å². The highest BCUT2D eigenvalue weighted by Crippen LogP contribution is 2.24. The Morgan fingerprint density at radius 1 is 1.03 bits per heavy atom. The zero-order valence-electron chi connectivity index (χ0n) is 19.1. The molecule has 0 bridgehead atoms. The van der Waals surface area contributed by atoms with E-state index < -0.39 is 10.0 Å². The highest BCUT2D eigenvalue weighted by atomic mass is 32.2. The molecule has 1 aliphatic carbocycles. The molecule has 2 heterocycles. The molecule has 0 aromatic heterocycles. The second-order valence-corrected chi connectivity index (χ2v) is 11.1. The molecule has 0 saturated carbocycles. The number of nitrogens with zero attached hydrogens (tertiary/aromatic N) is 2. The van der Waals surface area contributed by atoms with Crippen molar-refractivity contribution in [2.24, 2.45) is 5.92 Å². The van der Waals surface area contributed by atoms with E-state index in [4.69, 9.17) is 4.74 Å². The van der Waals surface area contributed by atoms with E-state index in [0.29, 0.717) is 10.8 Å². The van der Waals surface area contributed by atoms with E-state index >= 15 is 0 Å². The van der Waals surface area contributed by atoms with Gasteiger partial charge in [0, 0.05) is 39.1 Å². The first-order valence-electron chi connectivity index (χ1n) is 12.2. The highest BCUT2D eigenvalue weighted by molar-refractivity contribution is 7.89. The molecule has 2 aliphatic heterocycles. The van der Waals surface area contributed by atoms with Crippen molar-refractivity contribution in [3.05, 3.63) is 29.3 Å². The van der Waals surface area contributed by atoms with Crippen molar-refractivity contribution in [2.75, 3.05) is 52.5 Å². The number of carbonyl (C=O) groups excluding carboxylic acids is 1. The van der Waals surface area contributed by atoms with Crippen molar-refractivity contribution in [3.63, 3.8) is 0 Å². The molecule has 32 heavy (non-hydrogen) atoms. The van der Waals surface area contributed by atoms with Gasteiger partial charge in [0.15, 0.2) is 0 Å².